The van der Waals surface area contributed by atoms with E-state index in [2.05, 4.69) is 5.32 Å². The third-order valence-corrected chi connectivity index (χ3v) is 4.86. The number of hydrogen-bond acceptors (Lipinski definition) is 5. The smallest absolute Gasteiger partial charge is 0.270 e. The fourth-order valence-electron chi connectivity index (χ4n) is 3.01. The van der Waals surface area contributed by atoms with E-state index >= 15 is 0 Å². The number of anilines is 1. The monoisotopic (exact) mass is 446 g/mol. The van der Waals surface area contributed by atoms with Crippen molar-refractivity contribution in [1.82, 2.24) is 5.32 Å². The lowest BCUT2D eigenvalue weighted by Gasteiger charge is -2.28. The predicted octanol–water partition coefficient (Wildman–Crippen LogP) is 4.18. The third-order valence-electron chi connectivity index (χ3n) is 4.58. The minimum absolute atomic E-state index is 0.108. The van der Waals surface area contributed by atoms with Crippen LogP contribution in [-0.4, -0.2) is 22.7 Å². The Morgan fingerprint density at radius 2 is 1.53 bits per heavy atom. The highest BCUT2D eigenvalue weighted by molar-refractivity contribution is 7.80. The molecule has 2 amide bonds. The van der Waals surface area contributed by atoms with Gasteiger partial charge in [-0.25, -0.2) is 4.39 Å². The Hall–Kier alpha value is -4.17. The van der Waals surface area contributed by atoms with E-state index in [4.69, 9.17) is 17.0 Å². The molecule has 0 spiro atoms. The Bertz CT molecular complexity index is 1240. The standard InChI is InChI=1S/C24H15FN2O4S/c25-16-8-6-15(7-9-16)21(28)14-20-22(29)26-24(32)27(23(20)30)17-10-12-19(13-11-17)31-18-4-2-1-3-5-18/h1-14H,(H,26,29,32)/b20-14-. The van der Waals surface area contributed by atoms with Crippen LogP contribution in [0.25, 0.3) is 0 Å². The maximum atomic E-state index is 13.1. The van der Waals surface area contributed by atoms with Crippen LogP contribution in [-0.2, 0) is 9.59 Å². The summed E-state index contributed by atoms with van der Waals surface area (Å²) in [5.41, 5.74) is 0.152. The molecule has 0 aromatic heterocycles. The van der Waals surface area contributed by atoms with Crippen molar-refractivity contribution in [2.75, 3.05) is 4.90 Å². The highest BCUT2D eigenvalue weighted by Crippen LogP contribution is 2.26. The van der Waals surface area contributed by atoms with Crippen LogP contribution in [0.5, 0.6) is 11.5 Å². The van der Waals surface area contributed by atoms with Gasteiger partial charge in [0.25, 0.3) is 11.8 Å². The second-order valence-corrected chi connectivity index (χ2v) is 7.12. The van der Waals surface area contributed by atoms with Crippen LogP contribution in [0.4, 0.5) is 10.1 Å². The molecule has 158 valence electrons. The molecular formula is C24H15FN2O4S. The van der Waals surface area contributed by atoms with E-state index in [1.165, 1.54) is 12.1 Å². The number of hydrogen-bond donors (Lipinski definition) is 1. The van der Waals surface area contributed by atoms with Gasteiger partial charge in [-0.15, -0.1) is 0 Å². The molecule has 4 rings (SSSR count). The number of nitrogens with one attached hydrogen (secondary N) is 1. The molecule has 1 saturated heterocycles. The number of thiocarbonyl (C=S) groups is 1. The number of rotatable bonds is 5. The maximum absolute atomic E-state index is 13.1. The molecule has 1 aliphatic rings. The topological polar surface area (TPSA) is 75.7 Å². The number of carbonyl (C=O) groups excluding carboxylic acids is 3. The fourth-order valence-corrected chi connectivity index (χ4v) is 3.29. The highest BCUT2D eigenvalue weighted by Gasteiger charge is 2.35. The van der Waals surface area contributed by atoms with Crippen molar-refractivity contribution >= 4 is 40.6 Å². The summed E-state index contributed by atoms with van der Waals surface area (Å²) < 4.78 is 18.8. The highest BCUT2D eigenvalue weighted by atomic mass is 32.1. The van der Waals surface area contributed by atoms with Crippen molar-refractivity contribution in [3.8, 4) is 11.5 Å². The molecule has 0 bridgehead atoms. The van der Waals surface area contributed by atoms with Gasteiger partial charge in [-0.05, 0) is 72.9 Å². The van der Waals surface area contributed by atoms with Crippen molar-refractivity contribution in [2.24, 2.45) is 0 Å². The number of allylic oxidation sites excluding steroid dienone is 1. The van der Waals surface area contributed by atoms with E-state index in [0.29, 0.717) is 17.2 Å². The minimum atomic E-state index is -0.782. The molecular weight excluding hydrogens is 431 g/mol. The molecule has 1 heterocycles. The zero-order valence-corrected chi connectivity index (χ0v) is 17.3. The third kappa shape index (κ3) is 4.45. The molecule has 1 aliphatic heterocycles. The number of carbonyl (C=O) groups is 3. The van der Waals surface area contributed by atoms with Gasteiger partial charge in [0, 0.05) is 11.6 Å². The summed E-state index contributed by atoms with van der Waals surface area (Å²) in [4.78, 5) is 38.9. The van der Waals surface area contributed by atoms with E-state index in [-0.39, 0.29) is 16.2 Å². The molecule has 3 aromatic rings. The Balaban J connectivity index is 1.58. The fraction of sp³-hybridized carbons (Fsp3) is 0. The van der Waals surface area contributed by atoms with Gasteiger partial charge in [-0.3, -0.25) is 24.6 Å². The average molecular weight is 446 g/mol. The Labute approximate surface area is 187 Å². The van der Waals surface area contributed by atoms with Crippen LogP contribution < -0.4 is 15.0 Å². The largest absolute Gasteiger partial charge is 0.457 e. The van der Waals surface area contributed by atoms with Crippen molar-refractivity contribution in [3.05, 3.63) is 102 Å². The quantitative estimate of drug-likeness (QED) is 0.276. The second kappa shape index (κ2) is 8.91. The van der Waals surface area contributed by atoms with Crippen LogP contribution >= 0.6 is 12.2 Å². The lowest BCUT2D eigenvalue weighted by Crippen LogP contribution is -2.54. The summed E-state index contributed by atoms with van der Waals surface area (Å²) in [5, 5.41) is 2.31. The SMILES string of the molecule is O=C1NC(=S)N(c2ccc(Oc3ccccc3)cc2)C(=O)/C1=C\C(=O)c1ccc(F)cc1. The van der Waals surface area contributed by atoms with E-state index in [9.17, 15) is 18.8 Å². The number of ketones is 1. The molecule has 6 nitrogen and oxygen atoms in total. The number of ether oxygens (including phenoxy) is 1. The number of benzene rings is 3. The van der Waals surface area contributed by atoms with Crippen LogP contribution in [0.3, 0.4) is 0 Å². The molecule has 0 radical (unpaired) electrons. The summed E-state index contributed by atoms with van der Waals surface area (Å²) >= 11 is 5.16. The molecule has 0 unspecified atom stereocenters. The van der Waals surface area contributed by atoms with Gasteiger partial charge in [0.15, 0.2) is 10.9 Å². The summed E-state index contributed by atoms with van der Waals surface area (Å²) in [6.45, 7) is 0. The molecule has 0 atom stereocenters. The zero-order valence-electron chi connectivity index (χ0n) is 16.4. The molecule has 0 saturated carbocycles. The number of nitrogens with zero attached hydrogens (tertiary/aromatic N) is 1. The van der Waals surface area contributed by atoms with E-state index in [0.717, 1.165) is 23.1 Å². The van der Waals surface area contributed by atoms with Crippen molar-refractivity contribution in [1.29, 1.82) is 0 Å². The first kappa shape index (κ1) is 21.1. The van der Waals surface area contributed by atoms with Crippen molar-refractivity contribution < 1.29 is 23.5 Å². The molecule has 1 fully saturated rings. The maximum Gasteiger partial charge on any atom is 0.270 e. The van der Waals surface area contributed by atoms with Gasteiger partial charge in [0.05, 0.1) is 5.69 Å². The first-order valence-electron chi connectivity index (χ1n) is 9.47. The number of amides is 2. The van der Waals surface area contributed by atoms with Crippen LogP contribution in [0.15, 0.2) is 90.5 Å². The second-order valence-electron chi connectivity index (χ2n) is 6.74. The van der Waals surface area contributed by atoms with E-state index in [1.54, 1.807) is 24.3 Å². The lowest BCUT2D eigenvalue weighted by molar-refractivity contribution is -0.122. The van der Waals surface area contributed by atoms with Gasteiger partial charge >= 0.3 is 0 Å². The summed E-state index contributed by atoms with van der Waals surface area (Å²) in [5.74, 6) is -1.44. The van der Waals surface area contributed by atoms with E-state index < -0.39 is 23.4 Å². The average Bonchev–Trinajstić information content (AvgIpc) is 2.79. The van der Waals surface area contributed by atoms with Crippen LogP contribution in [0, 0.1) is 5.82 Å². The normalized spacial score (nSPS) is 15.0. The summed E-state index contributed by atoms with van der Waals surface area (Å²) in [6, 6.07) is 20.5. The van der Waals surface area contributed by atoms with Gasteiger partial charge < -0.3 is 4.74 Å². The summed E-state index contributed by atoms with van der Waals surface area (Å²) in [6.07, 6.45) is 0.923. The summed E-state index contributed by atoms with van der Waals surface area (Å²) in [7, 11) is 0. The predicted molar refractivity (Wildman–Crippen MR) is 120 cm³/mol. The molecule has 32 heavy (non-hydrogen) atoms. The Morgan fingerprint density at radius 1 is 0.906 bits per heavy atom. The molecule has 0 aliphatic carbocycles. The minimum Gasteiger partial charge on any atom is -0.457 e. The van der Waals surface area contributed by atoms with Gasteiger partial charge in [-0.2, -0.15) is 0 Å². The van der Waals surface area contributed by atoms with Crippen molar-refractivity contribution in [3.63, 3.8) is 0 Å². The van der Waals surface area contributed by atoms with Crippen LogP contribution in [0.2, 0.25) is 0 Å². The molecule has 3 aromatic carbocycles. The van der Waals surface area contributed by atoms with Gasteiger partial charge in [0.1, 0.15) is 22.9 Å². The zero-order chi connectivity index (χ0) is 22.7. The van der Waals surface area contributed by atoms with E-state index in [1.807, 2.05) is 30.3 Å². The molecule has 1 N–H and O–H groups in total. The van der Waals surface area contributed by atoms with Crippen LogP contribution in [0.1, 0.15) is 10.4 Å². The lowest BCUT2D eigenvalue weighted by atomic mass is 10.1. The van der Waals surface area contributed by atoms with Gasteiger partial charge in [0.2, 0.25) is 0 Å². The number of para-hydroxylation sites is 1. The first-order valence-corrected chi connectivity index (χ1v) is 9.87. The number of halogens is 1. The Kier molecular flexibility index (Phi) is 5.87. The molecule has 8 heteroatoms. The van der Waals surface area contributed by atoms with Gasteiger partial charge in [-0.1, -0.05) is 18.2 Å². The first-order chi connectivity index (χ1) is 15.4. The Morgan fingerprint density at radius 3 is 2.19 bits per heavy atom. The van der Waals surface area contributed by atoms with Crippen molar-refractivity contribution in [2.45, 2.75) is 0 Å².